The van der Waals surface area contributed by atoms with E-state index in [0.29, 0.717) is 19.6 Å². The first-order chi connectivity index (χ1) is 7.74. The van der Waals surface area contributed by atoms with Crippen LogP contribution in [0.1, 0.15) is 31.9 Å². The average Bonchev–Trinajstić information content (AvgIpc) is 2.30. The maximum Gasteiger partial charge on any atom is 0.308 e. The second-order valence-corrected chi connectivity index (χ2v) is 3.48. The van der Waals surface area contributed by atoms with Gasteiger partial charge in [0.05, 0.1) is 25.7 Å². The van der Waals surface area contributed by atoms with E-state index in [1.54, 1.807) is 6.92 Å². The summed E-state index contributed by atoms with van der Waals surface area (Å²) in [5.74, 6) is -0.206. The smallest absolute Gasteiger partial charge is 0.308 e. The van der Waals surface area contributed by atoms with Gasteiger partial charge in [0.2, 0.25) is 0 Å². The third-order valence-electron chi connectivity index (χ3n) is 2.25. The van der Waals surface area contributed by atoms with Crippen LogP contribution in [0.2, 0.25) is 0 Å². The number of hydrogen-bond acceptors (Lipinski definition) is 3. The van der Waals surface area contributed by atoms with Crippen molar-refractivity contribution < 1.29 is 14.3 Å². The van der Waals surface area contributed by atoms with E-state index in [2.05, 4.69) is 0 Å². The van der Waals surface area contributed by atoms with Crippen molar-refractivity contribution in [3.8, 4) is 0 Å². The summed E-state index contributed by atoms with van der Waals surface area (Å²) < 4.78 is 10.4. The van der Waals surface area contributed by atoms with Gasteiger partial charge in [-0.2, -0.15) is 0 Å². The molecule has 0 aromatic heterocycles. The third kappa shape index (κ3) is 4.45. The molecular formula is C13H18O3. The Balaban J connectivity index is 2.26. The summed E-state index contributed by atoms with van der Waals surface area (Å²) in [6.45, 7) is 4.59. The third-order valence-corrected chi connectivity index (χ3v) is 2.25. The zero-order chi connectivity index (χ0) is 11.8. The second-order valence-electron chi connectivity index (χ2n) is 3.48. The summed E-state index contributed by atoms with van der Waals surface area (Å²) in [6.07, 6.45) is 0.320. The van der Waals surface area contributed by atoms with E-state index in [1.165, 1.54) is 0 Å². The van der Waals surface area contributed by atoms with Gasteiger partial charge in [-0.15, -0.1) is 0 Å². The molecule has 0 saturated heterocycles. The van der Waals surface area contributed by atoms with Crippen LogP contribution >= 0.6 is 0 Å². The number of rotatable bonds is 6. The molecular weight excluding hydrogens is 204 g/mol. The lowest BCUT2D eigenvalue weighted by Gasteiger charge is -2.12. The minimum absolute atomic E-state index is 0.00984. The van der Waals surface area contributed by atoms with Gasteiger partial charge in [0.1, 0.15) is 0 Å². The van der Waals surface area contributed by atoms with Crippen LogP contribution in [0.3, 0.4) is 0 Å². The molecule has 1 rings (SSSR count). The van der Waals surface area contributed by atoms with Crippen LogP contribution in [0.15, 0.2) is 30.3 Å². The highest BCUT2D eigenvalue weighted by Gasteiger charge is 2.06. The number of carbonyl (C=O) groups excluding carboxylic acids is 1. The van der Waals surface area contributed by atoms with Crippen molar-refractivity contribution in [3.05, 3.63) is 35.9 Å². The van der Waals surface area contributed by atoms with Crippen molar-refractivity contribution in [3.63, 3.8) is 0 Å². The van der Waals surface area contributed by atoms with Gasteiger partial charge in [0.15, 0.2) is 0 Å². The van der Waals surface area contributed by atoms with Crippen molar-refractivity contribution in [2.24, 2.45) is 0 Å². The van der Waals surface area contributed by atoms with Crippen LogP contribution in [-0.2, 0) is 14.3 Å². The van der Waals surface area contributed by atoms with Crippen molar-refractivity contribution in [2.45, 2.75) is 26.4 Å². The standard InChI is InChI=1S/C13H18O3/c1-3-15-13(14)9-10-16-11(2)12-7-5-4-6-8-12/h4-8,11H,3,9-10H2,1-2H3. The molecule has 0 bridgehead atoms. The first kappa shape index (κ1) is 12.7. The minimum atomic E-state index is -0.206. The zero-order valence-corrected chi connectivity index (χ0v) is 9.81. The number of carbonyl (C=O) groups is 1. The molecule has 0 heterocycles. The molecule has 0 amide bonds. The fourth-order valence-corrected chi connectivity index (χ4v) is 1.37. The molecule has 0 radical (unpaired) electrons. The van der Waals surface area contributed by atoms with Gasteiger partial charge in [-0.25, -0.2) is 0 Å². The minimum Gasteiger partial charge on any atom is -0.466 e. The molecule has 1 atom stereocenters. The fourth-order valence-electron chi connectivity index (χ4n) is 1.37. The van der Waals surface area contributed by atoms with Gasteiger partial charge < -0.3 is 9.47 Å². The summed E-state index contributed by atoms with van der Waals surface area (Å²) in [5.41, 5.74) is 1.12. The summed E-state index contributed by atoms with van der Waals surface area (Å²) in [5, 5.41) is 0. The predicted octanol–water partition coefficient (Wildman–Crippen LogP) is 2.72. The molecule has 16 heavy (non-hydrogen) atoms. The Morgan fingerprint density at radius 2 is 2.00 bits per heavy atom. The van der Waals surface area contributed by atoms with Crippen LogP contribution in [-0.4, -0.2) is 19.2 Å². The largest absolute Gasteiger partial charge is 0.466 e. The summed E-state index contributed by atoms with van der Waals surface area (Å²) in [7, 11) is 0. The van der Waals surface area contributed by atoms with Gasteiger partial charge in [-0.1, -0.05) is 30.3 Å². The summed E-state index contributed by atoms with van der Waals surface area (Å²) in [4.78, 5) is 11.1. The molecule has 0 saturated carbocycles. The molecule has 1 aromatic rings. The molecule has 0 N–H and O–H groups in total. The maximum atomic E-state index is 11.1. The van der Waals surface area contributed by atoms with Gasteiger partial charge in [0.25, 0.3) is 0 Å². The van der Waals surface area contributed by atoms with E-state index in [4.69, 9.17) is 9.47 Å². The Labute approximate surface area is 96.4 Å². The van der Waals surface area contributed by atoms with E-state index in [0.717, 1.165) is 5.56 Å². The Morgan fingerprint density at radius 1 is 1.31 bits per heavy atom. The Morgan fingerprint density at radius 3 is 2.62 bits per heavy atom. The zero-order valence-electron chi connectivity index (χ0n) is 9.81. The second kappa shape index (κ2) is 7.01. The average molecular weight is 222 g/mol. The molecule has 0 aliphatic rings. The fraction of sp³-hybridized carbons (Fsp3) is 0.462. The lowest BCUT2D eigenvalue weighted by Crippen LogP contribution is -2.09. The maximum absolute atomic E-state index is 11.1. The molecule has 0 spiro atoms. The topological polar surface area (TPSA) is 35.5 Å². The van der Waals surface area contributed by atoms with E-state index in [1.807, 2.05) is 37.3 Å². The highest BCUT2D eigenvalue weighted by Crippen LogP contribution is 2.15. The highest BCUT2D eigenvalue weighted by atomic mass is 16.5. The van der Waals surface area contributed by atoms with E-state index >= 15 is 0 Å². The van der Waals surface area contributed by atoms with E-state index < -0.39 is 0 Å². The van der Waals surface area contributed by atoms with Crippen molar-refractivity contribution in [1.82, 2.24) is 0 Å². The summed E-state index contributed by atoms with van der Waals surface area (Å²) >= 11 is 0. The van der Waals surface area contributed by atoms with Crippen molar-refractivity contribution >= 4 is 5.97 Å². The molecule has 1 unspecified atom stereocenters. The predicted molar refractivity (Wildman–Crippen MR) is 62.1 cm³/mol. The van der Waals surface area contributed by atoms with Crippen LogP contribution in [0, 0.1) is 0 Å². The molecule has 1 aromatic carbocycles. The molecule has 0 aliphatic heterocycles. The van der Waals surface area contributed by atoms with Crippen LogP contribution in [0.4, 0.5) is 0 Å². The van der Waals surface area contributed by atoms with E-state index in [-0.39, 0.29) is 12.1 Å². The number of ether oxygens (including phenoxy) is 2. The Hall–Kier alpha value is -1.35. The van der Waals surface area contributed by atoms with Gasteiger partial charge in [-0.3, -0.25) is 4.79 Å². The van der Waals surface area contributed by atoms with E-state index in [9.17, 15) is 4.79 Å². The molecule has 0 fully saturated rings. The van der Waals surface area contributed by atoms with Crippen molar-refractivity contribution in [1.29, 1.82) is 0 Å². The first-order valence-corrected chi connectivity index (χ1v) is 5.56. The summed E-state index contributed by atoms with van der Waals surface area (Å²) in [6, 6.07) is 9.93. The molecule has 88 valence electrons. The van der Waals surface area contributed by atoms with Crippen molar-refractivity contribution in [2.75, 3.05) is 13.2 Å². The quantitative estimate of drug-likeness (QED) is 0.694. The SMILES string of the molecule is CCOC(=O)CCOC(C)c1ccccc1. The van der Waals surface area contributed by atoms with Gasteiger partial charge in [0, 0.05) is 0 Å². The molecule has 3 nitrogen and oxygen atoms in total. The molecule has 0 aliphatic carbocycles. The number of hydrogen-bond donors (Lipinski definition) is 0. The van der Waals surface area contributed by atoms with Crippen LogP contribution in [0.25, 0.3) is 0 Å². The Bertz CT molecular complexity index is 308. The molecule has 3 heteroatoms. The van der Waals surface area contributed by atoms with Crippen LogP contribution in [0.5, 0.6) is 0 Å². The Kier molecular flexibility index (Phi) is 5.57. The normalized spacial score (nSPS) is 12.1. The highest BCUT2D eigenvalue weighted by molar-refractivity contribution is 5.69. The lowest BCUT2D eigenvalue weighted by atomic mass is 10.1. The number of esters is 1. The first-order valence-electron chi connectivity index (χ1n) is 5.56. The lowest BCUT2D eigenvalue weighted by molar-refractivity contribution is -0.144. The van der Waals surface area contributed by atoms with Crippen LogP contribution < -0.4 is 0 Å². The number of benzene rings is 1. The van der Waals surface area contributed by atoms with Gasteiger partial charge in [-0.05, 0) is 19.4 Å². The van der Waals surface area contributed by atoms with Gasteiger partial charge >= 0.3 is 5.97 Å². The monoisotopic (exact) mass is 222 g/mol.